The minimum Gasteiger partial charge on any atom is -0.309 e. The number of hydrogen-bond donors (Lipinski definition) is 0. The highest BCUT2D eigenvalue weighted by Crippen LogP contribution is 2.48. The summed E-state index contributed by atoms with van der Waals surface area (Å²) in [7, 11) is 0. The van der Waals surface area contributed by atoms with Crippen molar-refractivity contribution in [3.05, 3.63) is 200 Å². The highest BCUT2D eigenvalue weighted by atomic mass is 15.1. The summed E-state index contributed by atoms with van der Waals surface area (Å²) >= 11 is 0. The Morgan fingerprint density at radius 3 is 1.67 bits per heavy atom. The average molecular weight is 800 g/mol. The van der Waals surface area contributed by atoms with Crippen LogP contribution in [-0.2, 0) is 0 Å². The molecule has 0 radical (unpaired) electrons. The molecule has 5 heterocycles. The van der Waals surface area contributed by atoms with Crippen LogP contribution in [0.4, 0.5) is 0 Å². The Morgan fingerprint density at radius 2 is 0.889 bits per heavy atom. The van der Waals surface area contributed by atoms with E-state index < -0.39 is 0 Å². The van der Waals surface area contributed by atoms with Gasteiger partial charge >= 0.3 is 0 Å². The van der Waals surface area contributed by atoms with Crippen LogP contribution >= 0.6 is 0 Å². The Balaban J connectivity index is 1.02. The van der Waals surface area contributed by atoms with E-state index in [9.17, 15) is 0 Å². The van der Waals surface area contributed by atoms with E-state index in [1.54, 1.807) is 0 Å². The summed E-state index contributed by atoms with van der Waals surface area (Å²) in [6, 6.07) is 72.7. The third kappa shape index (κ3) is 4.30. The lowest BCUT2D eigenvalue weighted by molar-refractivity contribution is 1.08. The zero-order valence-electron chi connectivity index (χ0n) is 33.8. The molecule has 15 aromatic rings. The van der Waals surface area contributed by atoms with Gasteiger partial charge in [0.25, 0.3) is 0 Å². The minimum absolute atomic E-state index is 0.812. The predicted octanol–water partition coefficient (Wildman–Crippen LogP) is 14.9. The molecule has 15 rings (SSSR count). The van der Waals surface area contributed by atoms with Gasteiger partial charge in [-0.25, -0.2) is 9.97 Å². The lowest BCUT2D eigenvalue weighted by atomic mass is 10.0. The molecular formula is C58H33N5. The van der Waals surface area contributed by atoms with Gasteiger partial charge in [0.15, 0.2) is 5.82 Å². The van der Waals surface area contributed by atoms with Crippen molar-refractivity contribution in [1.29, 1.82) is 0 Å². The molecule has 0 spiro atoms. The van der Waals surface area contributed by atoms with Gasteiger partial charge < -0.3 is 8.97 Å². The number of hydrogen-bond acceptors (Lipinski definition) is 2. The first-order valence-electron chi connectivity index (χ1n) is 21.6. The molecule has 0 aliphatic heterocycles. The van der Waals surface area contributed by atoms with Gasteiger partial charge in [-0.1, -0.05) is 146 Å². The maximum Gasteiger partial charge on any atom is 0.165 e. The molecule has 5 aromatic heterocycles. The first-order chi connectivity index (χ1) is 31.3. The molecule has 0 aliphatic rings. The molecule has 0 N–H and O–H groups in total. The van der Waals surface area contributed by atoms with Crippen molar-refractivity contribution in [1.82, 2.24) is 23.5 Å². The highest BCUT2D eigenvalue weighted by Gasteiger charge is 2.26. The Labute approximate surface area is 359 Å². The number of nitrogens with zero attached hydrogens (tertiary/aromatic N) is 5. The molecule has 0 aliphatic carbocycles. The van der Waals surface area contributed by atoms with Gasteiger partial charge in [0, 0.05) is 59.7 Å². The van der Waals surface area contributed by atoms with Crippen LogP contribution in [0.1, 0.15) is 0 Å². The van der Waals surface area contributed by atoms with Gasteiger partial charge in [-0.05, 0) is 70.8 Å². The van der Waals surface area contributed by atoms with Gasteiger partial charge in [-0.15, -0.1) is 0 Å². The first kappa shape index (κ1) is 33.2. The standard InChI is InChI=1S/C58H33N5/c1-3-15-38-34(13-1)28-32-51-52(38)42-19-7-12-24-50(42)62(51)58-54(59-46-20-8-9-21-47(46)60-58)36-25-29-37(30-26-36)61-48-22-10-5-17-40(48)44-33-45-41-18-6-11-23-49(41)63-55-39-16-4-2-14-35(39)27-31-43(55)53(56(44)61)57(45)63/h1-33H. The SMILES string of the molecule is c1ccc2c(c1)ccc1c2c2ccccc2n1-c1nc2ccccc2nc1-c1ccc(-n2c3ccccc3c3cc4c5ccccc5n5c6c7ccccc7ccc6c(c32)c45)cc1. The molecule has 10 aromatic carbocycles. The van der Waals surface area contributed by atoms with Crippen LogP contribution in [0.15, 0.2) is 200 Å². The normalized spacial score (nSPS) is 12.4. The van der Waals surface area contributed by atoms with Gasteiger partial charge in [0.05, 0.1) is 49.7 Å². The monoisotopic (exact) mass is 799 g/mol. The summed E-state index contributed by atoms with van der Waals surface area (Å²) < 4.78 is 7.33. The van der Waals surface area contributed by atoms with Crippen molar-refractivity contribution in [2.75, 3.05) is 0 Å². The van der Waals surface area contributed by atoms with Gasteiger partial charge in [0.2, 0.25) is 0 Å². The smallest absolute Gasteiger partial charge is 0.165 e. The lowest BCUT2D eigenvalue weighted by Gasteiger charge is -2.15. The maximum absolute atomic E-state index is 5.44. The van der Waals surface area contributed by atoms with Crippen LogP contribution in [0.5, 0.6) is 0 Å². The van der Waals surface area contributed by atoms with E-state index in [1.807, 2.05) is 12.1 Å². The quantitative estimate of drug-likeness (QED) is 0.179. The maximum atomic E-state index is 5.44. The Kier molecular flexibility index (Phi) is 6.36. The van der Waals surface area contributed by atoms with Crippen LogP contribution in [0.2, 0.25) is 0 Å². The molecule has 0 saturated carbocycles. The van der Waals surface area contributed by atoms with Crippen molar-refractivity contribution < 1.29 is 0 Å². The van der Waals surface area contributed by atoms with E-state index >= 15 is 0 Å². The summed E-state index contributed by atoms with van der Waals surface area (Å²) in [5.41, 5.74) is 13.0. The molecule has 0 amide bonds. The fraction of sp³-hybridized carbons (Fsp3) is 0. The van der Waals surface area contributed by atoms with Crippen LogP contribution in [-0.4, -0.2) is 23.5 Å². The highest BCUT2D eigenvalue weighted by molar-refractivity contribution is 6.36. The number of aromatic nitrogens is 5. The second kappa shape index (κ2) is 12.1. The first-order valence-corrected chi connectivity index (χ1v) is 21.6. The largest absolute Gasteiger partial charge is 0.309 e. The predicted molar refractivity (Wildman–Crippen MR) is 263 cm³/mol. The molecule has 0 fully saturated rings. The summed E-state index contributed by atoms with van der Waals surface area (Å²) in [4.78, 5) is 10.9. The van der Waals surface area contributed by atoms with Crippen LogP contribution in [0, 0.1) is 0 Å². The summed E-state index contributed by atoms with van der Waals surface area (Å²) in [6.07, 6.45) is 0. The van der Waals surface area contributed by atoms with Crippen LogP contribution in [0.3, 0.4) is 0 Å². The second-order valence-corrected chi connectivity index (χ2v) is 16.9. The number of rotatable bonds is 3. The molecule has 63 heavy (non-hydrogen) atoms. The zero-order valence-corrected chi connectivity index (χ0v) is 33.8. The van der Waals surface area contributed by atoms with Gasteiger partial charge in [0.1, 0.15) is 5.69 Å². The van der Waals surface area contributed by atoms with E-state index in [1.165, 1.54) is 92.2 Å². The molecule has 0 bridgehead atoms. The molecule has 5 heteroatoms. The van der Waals surface area contributed by atoms with Crippen molar-refractivity contribution in [2.24, 2.45) is 0 Å². The Bertz CT molecular complexity index is 4430. The summed E-state index contributed by atoms with van der Waals surface area (Å²) in [5.74, 6) is 0.812. The third-order valence-electron chi connectivity index (χ3n) is 13.7. The van der Waals surface area contributed by atoms with Crippen molar-refractivity contribution in [2.45, 2.75) is 0 Å². The van der Waals surface area contributed by atoms with E-state index in [2.05, 4.69) is 202 Å². The molecular weight excluding hydrogens is 767 g/mol. The number of fused-ring (bicyclic) bond motifs is 18. The Hall–Kier alpha value is -8.54. The van der Waals surface area contributed by atoms with Gasteiger partial charge in [-0.3, -0.25) is 4.57 Å². The van der Waals surface area contributed by atoms with E-state index in [0.29, 0.717) is 0 Å². The molecule has 5 nitrogen and oxygen atoms in total. The van der Waals surface area contributed by atoms with E-state index in [4.69, 9.17) is 9.97 Å². The van der Waals surface area contributed by atoms with E-state index in [0.717, 1.165) is 44.8 Å². The Morgan fingerprint density at radius 1 is 0.317 bits per heavy atom. The minimum atomic E-state index is 0.812. The molecule has 0 unspecified atom stereocenters. The van der Waals surface area contributed by atoms with Crippen LogP contribution < -0.4 is 0 Å². The summed E-state index contributed by atoms with van der Waals surface area (Å²) in [5, 5.41) is 15.0. The van der Waals surface area contributed by atoms with Gasteiger partial charge in [-0.2, -0.15) is 0 Å². The van der Waals surface area contributed by atoms with E-state index in [-0.39, 0.29) is 0 Å². The third-order valence-corrected chi connectivity index (χ3v) is 13.7. The lowest BCUT2D eigenvalue weighted by Crippen LogP contribution is -2.04. The fourth-order valence-electron chi connectivity index (χ4n) is 11.1. The molecule has 0 atom stereocenters. The average Bonchev–Trinajstić information content (AvgIpc) is 4.08. The van der Waals surface area contributed by atoms with Crippen molar-refractivity contribution >= 4 is 114 Å². The van der Waals surface area contributed by atoms with Crippen molar-refractivity contribution in [3.8, 4) is 22.8 Å². The zero-order chi connectivity index (χ0) is 40.9. The number of benzene rings is 10. The second-order valence-electron chi connectivity index (χ2n) is 16.9. The summed E-state index contributed by atoms with van der Waals surface area (Å²) in [6.45, 7) is 0. The molecule has 290 valence electrons. The fourth-order valence-corrected chi connectivity index (χ4v) is 11.1. The van der Waals surface area contributed by atoms with Crippen LogP contribution in [0.25, 0.3) is 137 Å². The number of para-hydroxylation sites is 5. The molecule has 0 saturated heterocycles. The topological polar surface area (TPSA) is 40.0 Å². The van der Waals surface area contributed by atoms with Crippen molar-refractivity contribution in [3.63, 3.8) is 0 Å².